The zero-order chi connectivity index (χ0) is 26.7. The summed E-state index contributed by atoms with van der Waals surface area (Å²) in [7, 11) is -4.56. The van der Waals surface area contributed by atoms with E-state index in [2.05, 4.69) is 14.8 Å². The van der Waals surface area contributed by atoms with Gasteiger partial charge in [0.1, 0.15) is 10.6 Å². The first kappa shape index (κ1) is 25.6. The second-order valence-electron chi connectivity index (χ2n) is 11.2. The topological polar surface area (TPSA) is 117 Å². The van der Waals surface area contributed by atoms with Crippen LogP contribution in [0.3, 0.4) is 0 Å². The molecule has 3 aliphatic rings. The summed E-state index contributed by atoms with van der Waals surface area (Å²) < 4.78 is 72.3. The smallest absolute Gasteiger partial charge is 0.390 e. The fourth-order valence-electron chi connectivity index (χ4n) is 5.44. The maximum atomic E-state index is 13.9. The second-order valence-corrected chi connectivity index (χ2v) is 13.8. The van der Waals surface area contributed by atoms with Gasteiger partial charge in [-0.15, -0.1) is 0 Å². The normalized spacial score (nSPS) is 24.6. The Balaban J connectivity index is 1.57. The molecule has 3 aliphatic carbocycles. The number of fused-ring (bicyclic) bond motifs is 1. The van der Waals surface area contributed by atoms with Gasteiger partial charge in [0.05, 0.1) is 27.4 Å². The highest BCUT2D eigenvalue weighted by molar-refractivity contribution is 7.89. The van der Waals surface area contributed by atoms with E-state index in [0.717, 1.165) is 23.5 Å². The van der Waals surface area contributed by atoms with Gasteiger partial charge in [-0.1, -0.05) is 17.4 Å². The standard InChI is InChI=1S/C23H27F3N4O4S2/c1-12-16(30-18(27-12)35-17(28-30)19(2,3)31)13-6-7-14(23(24,25)26)15(8-13)36(33,34)29-22-9-21(10-22,11-22)20(4,5)32/h6-8,29,31-32H,9-11H2,1-5H3. The molecule has 3 aromatic rings. The van der Waals surface area contributed by atoms with Crippen LogP contribution in [0.5, 0.6) is 0 Å². The van der Waals surface area contributed by atoms with Crippen LogP contribution in [0, 0.1) is 12.3 Å². The molecule has 0 atom stereocenters. The molecule has 0 aliphatic heterocycles. The maximum Gasteiger partial charge on any atom is 0.417 e. The van der Waals surface area contributed by atoms with Gasteiger partial charge in [0.15, 0.2) is 0 Å². The number of aromatic nitrogens is 3. The number of imidazole rings is 1. The van der Waals surface area contributed by atoms with Gasteiger partial charge in [0.25, 0.3) is 0 Å². The van der Waals surface area contributed by atoms with Crippen molar-refractivity contribution in [3.63, 3.8) is 0 Å². The Labute approximate surface area is 210 Å². The maximum absolute atomic E-state index is 13.9. The predicted molar refractivity (Wildman–Crippen MR) is 127 cm³/mol. The third kappa shape index (κ3) is 3.78. The van der Waals surface area contributed by atoms with Gasteiger partial charge >= 0.3 is 6.18 Å². The Morgan fingerprint density at radius 3 is 2.25 bits per heavy atom. The van der Waals surface area contributed by atoms with Crippen LogP contribution in [0.15, 0.2) is 23.1 Å². The zero-order valence-electron chi connectivity index (χ0n) is 20.4. The first-order valence-electron chi connectivity index (χ1n) is 11.3. The van der Waals surface area contributed by atoms with Crippen molar-refractivity contribution >= 4 is 26.3 Å². The van der Waals surface area contributed by atoms with E-state index in [1.807, 2.05) is 0 Å². The van der Waals surface area contributed by atoms with E-state index >= 15 is 0 Å². The Morgan fingerprint density at radius 2 is 1.72 bits per heavy atom. The molecule has 3 N–H and O–H groups in total. The average Bonchev–Trinajstić information content (AvgIpc) is 3.18. The summed E-state index contributed by atoms with van der Waals surface area (Å²) in [4.78, 5) is 3.95. The summed E-state index contributed by atoms with van der Waals surface area (Å²) in [5.41, 5.74) is -3.80. The number of hydrogen-bond donors (Lipinski definition) is 3. The molecule has 0 saturated heterocycles. The molecule has 196 valence electrons. The van der Waals surface area contributed by atoms with E-state index in [1.54, 1.807) is 34.6 Å². The number of alkyl halides is 3. The summed E-state index contributed by atoms with van der Waals surface area (Å²) in [5.74, 6) is 0. The molecule has 3 fully saturated rings. The number of hydrogen-bond acceptors (Lipinski definition) is 7. The lowest BCUT2D eigenvalue weighted by molar-refractivity contribution is -0.244. The lowest BCUT2D eigenvalue weighted by atomic mass is 9.35. The van der Waals surface area contributed by atoms with E-state index in [9.17, 15) is 31.8 Å². The van der Waals surface area contributed by atoms with Crippen LogP contribution >= 0.6 is 11.3 Å². The van der Waals surface area contributed by atoms with Gasteiger partial charge in [-0.25, -0.2) is 22.6 Å². The van der Waals surface area contributed by atoms with Gasteiger partial charge in [0, 0.05) is 16.5 Å². The molecule has 0 spiro atoms. The van der Waals surface area contributed by atoms with Gasteiger partial charge in [-0.3, -0.25) is 0 Å². The van der Waals surface area contributed by atoms with Gasteiger partial charge in [-0.05, 0) is 66.0 Å². The Morgan fingerprint density at radius 1 is 1.11 bits per heavy atom. The number of benzene rings is 1. The van der Waals surface area contributed by atoms with Crippen molar-refractivity contribution in [3.8, 4) is 11.3 Å². The molecule has 36 heavy (non-hydrogen) atoms. The molecule has 2 heterocycles. The number of rotatable bonds is 6. The predicted octanol–water partition coefficient (Wildman–Crippen LogP) is 3.98. The number of aryl methyl sites for hydroxylation is 1. The summed E-state index contributed by atoms with van der Waals surface area (Å²) in [6, 6.07) is 2.96. The number of aliphatic hydroxyl groups is 2. The van der Waals surface area contributed by atoms with Gasteiger partial charge in [0.2, 0.25) is 15.0 Å². The molecule has 6 rings (SSSR count). The minimum Gasteiger partial charge on any atom is -0.390 e. The Kier molecular flexibility index (Phi) is 5.17. The second kappa shape index (κ2) is 7.28. The number of nitrogens with zero attached hydrogens (tertiary/aromatic N) is 3. The van der Waals surface area contributed by atoms with Crippen LogP contribution in [0.4, 0.5) is 13.2 Å². The van der Waals surface area contributed by atoms with E-state index in [1.165, 1.54) is 10.6 Å². The fourth-order valence-corrected chi connectivity index (χ4v) is 8.04. The van der Waals surface area contributed by atoms with Crippen molar-refractivity contribution in [1.29, 1.82) is 0 Å². The van der Waals surface area contributed by atoms with Crippen LogP contribution in [0.1, 0.15) is 63.2 Å². The van der Waals surface area contributed by atoms with Crippen molar-refractivity contribution in [3.05, 3.63) is 34.5 Å². The van der Waals surface area contributed by atoms with Crippen molar-refractivity contribution in [2.24, 2.45) is 5.41 Å². The van der Waals surface area contributed by atoms with Crippen LogP contribution < -0.4 is 4.72 Å². The van der Waals surface area contributed by atoms with E-state index < -0.39 is 48.8 Å². The molecule has 8 nitrogen and oxygen atoms in total. The average molecular weight is 545 g/mol. The van der Waals surface area contributed by atoms with Gasteiger partial charge in [-0.2, -0.15) is 18.3 Å². The van der Waals surface area contributed by atoms with Crippen LogP contribution in [0.25, 0.3) is 16.2 Å². The van der Waals surface area contributed by atoms with Crippen molar-refractivity contribution in [1.82, 2.24) is 19.3 Å². The van der Waals surface area contributed by atoms with Crippen LogP contribution in [-0.2, 0) is 21.8 Å². The molecule has 13 heteroatoms. The Bertz CT molecular complexity index is 1470. The largest absolute Gasteiger partial charge is 0.417 e. The SMILES string of the molecule is Cc1nc2sc(C(C)(C)O)nn2c1-c1ccc(C(F)(F)F)c(S(=O)(=O)NC23CC(C(C)(C)O)(C2)C3)c1. The third-order valence-electron chi connectivity index (χ3n) is 7.43. The molecule has 0 radical (unpaired) electrons. The monoisotopic (exact) mass is 544 g/mol. The highest BCUT2D eigenvalue weighted by Crippen LogP contribution is 2.71. The molecule has 3 saturated carbocycles. The lowest BCUT2D eigenvalue weighted by Crippen LogP contribution is -2.79. The third-order valence-corrected chi connectivity index (χ3v) is 10.3. The summed E-state index contributed by atoms with van der Waals surface area (Å²) in [6.45, 7) is 8.08. The van der Waals surface area contributed by atoms with Crippen LogP contribution in [-0.4, -0.2) is 44.4 Å². The molecule has 0 amide bonds. The number of halogens is 3. The quantitative estimate of drug-likeness (QED) is 0.432. The zero-order valence-corrected chi connectivity index (χ0v) is 22.0. The molecular formula is C23H27F3N4O4S2. The molecule has 2 bridgehead atoms. The first-order valence-corrected chi connectivity index (χ1v) is 13.6. The van der Waals surface area contributed by atoms with Crippen LogP contribution in [0.2, 0.25) is 0 Å². The highest BCUT2D eigenvalue weighted by atomic mass is 32.2. The fraction of sp³-hybridized carbons (Fsp3) is 0.565. The van der Waals surface area contributed by atoms with Crippen molar-refractivity contribution in [2.45, 2.75) is 81.7 Å². The molecular weight excluding hydrogens is 517 g/mol. The van der Waals surface area contributed by atoms with Crippen molar-refractivity contribution < 1.29 is 31.8 Å². The minimum absolute atomic E-state index is 0.200. The summed E-state index contributed by atoms with van der Waals surface area (Å²) in [5, 5.41) is 25.4. The Hall–Kier alpha value is -2.06. The summed E-state index contributed by atoms with van der Waals surface area (Å²) in [6.07, 6.45) is -3.80. The highest BCUT2D eigenvalue weighted by Gasteiger charge is 2.73. The van der Waals surface area contributed by atoms with E-state index in [0.29, 0.717) is 40.6 Å². The van der Waals surface area contributed by atoms with Gasteiger partial charge < -0.3 is 10.2 Å². The molecule has 2 aromatic heterocycles. The van der Waals surface area contributed by atoms with E-state index in [-0.39, 0.29) is 5.56 Å². The number of nitrogens with one attached hydrogen (secondary N) is 1. The minimum atomic E-state index is -4.90. The van der Waals surface area contributed by atoms with E-state index in [4.69, 9.17) is 0 Å². The molecule has 1 aromatic carbocycles. The summed E-state index contributed by atoms with van der Waals surface area (Å²) >= 11 is 1.14. The van der Waals surface area contributed by atoms with Crippen molar-refractivity contribution in [2.75, 3.05) is 0 Å². The lowest BCUT2D eigenvalue weighted by Gasteiger charge is -2.74. The first-order chi connectivity index (χ1) is 16.3. The molecule has 0 unspecified atom stereocenters. The number of sulfonamides is 1.